The molecule has 0 saturated heterocycles. The lowest BCUT2D eigenvalue weighted by molar-refractivity contribution is -0.256. The van der Waals surface area contributed by atoms with Gasteiger partial charge < -0.3 is 23.9 Å². The number of hydrogen-bond acceptors (Lipinski definition) is 8. The van der Waals surface area contributed by atoms with Crippen molar-refractivity contribution in [1.82, 2.24) is 9.55 Å². The highest BCUT2D eigenvalue weighted by atomic mass is 16.5. The Bertz CT molecular complexity index is 1320. The topological polar surface area (TPSA) is 128 Å². The van der Waals surface area contributed by atoms with Crippen LogP contribution in [0.5, 0.6) is 0 Å². The van der Waals surface area contributed by atoms with Crippen molar-refractivity contribution in [2.75, 3.05) is 13.2 Å². The summed E-state index contributed by atoms with van der Waals surface area (Å²) in [5.41, 5.74) is 2.54. The lowest BCUT2D eigenvalue weighted by atomic mass is 10.0. The Morgan fingerprint density at radius 2 is 1.74 bits per heavy atom. The van der Waals surface area contributed by atoms with Crippen LogP contribution in [0.1, 0.15) is 62.4 Å². The monoisotopic (exact) mass is 475 g/mol. The van der Waals surface area contributed by atoms with Crippen molar-refractivity contribution in [3.05, 3.63) is 76.7 Å². The van der Waals surface area contributed by atoms with Crippen LogP contribution in [0.4, 0.5) is 0 Å². The van der Waals surface area contributed by atoms with Crippen LogP contribution in [0, 0.1) is 0 Å². The number of benzene rings is 2. The van der Waals surface area contributed by atoms with Crippen LogP contribution in [0.2, 0.25) is 0 Å². The standard InChI is InChI=1S/C26H24N2O7/c1-3-34-22(29)12-15-8-7-11-17-19(15)13-21(23(17)30)28-14-20(27-24(28)25(31)32)16-9-5-6-10-18(16)26(33)35-4-2/h5-11,14,21H,3-4,12-13H2,1-2H3,(H,31,32)/p-1. The predicted molar refractivity (Wildman–Crippen MR) is 122 cm³/mol. The average Bonchev–Trinajstić information content (AvgIpc) is 3.42. The number of ether oxygens (including phenoxy) is 2. The molecule has 0 amide bonds. The van der Waals surface area contributed by atoms with Gasteiger partial charge in [-0.05, 0) is 31.0 Å². The Balaban J connectivity index is 1.74. The number of carboxylic acid groups (broad SMARTS) is 1. The number of rotatable bonds is 8. The molecule has 3 aromatic rings. The fourth-order valence-electron chi connectivity index (χ4n) is 4.34. The summed E-state index contributed by atoms with van der Waals surface area (Å²) in [5, 5.41) is 11.9. The number of Topliss-reactive ketones (excluding diaryl/α,β-unsaturated/α-hetero) is 1. The first-order chi connectivity index (χ1) is 16.8. The van der Waals surface area contributed by atoms with Gasteiger partial charge in [0.1, 0.15) is 12.0 Å². The Morgan fingerprint density at radius 1 is 1.03 bits per heavy atom. The molecule has 9 nitrogen and oxygen atoms in total. The highest BCUT2D eigenvalue weighted by Crippen LogP contribution is 2.35. The van der Waals surface area contributed by atoms with E-state index in [1.165, 1.54) is 10.8 Å². The van der Waals surface area contributed by atoms with Gasteiger partial charge in [-0.25, -0.2) is 9.78 Å². The number of carbonyl (C=O) groups is 4. The molecule has 1 aliphatic rings. The zero-order chi connectivity index (χ0) is 25.1. The molecule has 2 aromatic carbocycles. The van der Waals surface area contributed by atoms with E-state index in [-0.39, 0.29) is 43.1 Å². The van der Waals surface area contributed by atoms with E-state index >= 15 is 0 Å². The Morgan fingerprint density at radius 3 is 2.46 bits per heavy atom. The third-order valence-corrected chi connectivity index (χ3v) is 5.83. The Labute approximate surface area is 201 Å². The molecule has 0 spiro atoms. The molecule has 35 heavy (non-hydrogen) atoms. The van der Waals surface area contributed by atoms with E-state index in [4.69, 9.17) is 9.47 Å². The van der Waals surface area contributed by atoms with Crippen LogP contribution in [-0.2, 0) is 27.1 Å². The quantitative estimate of drug-likeness (QED) is 0.454. The third kappa shape index (κ3) is 4.57. The lowest BCUT2D eigenvalue weighted by Gasteiger charge is -2.14. The number of aromatic nitrogens is 2. The highest BCUT2D eigenvalue weighted by Gasteiger charge is 2.35. The fraction of sp³-hybridized carbons (Fsp3) is 0.269. The van der Waals surface area contributed by atoms with Gasteiger partial charge in [-0.2, -0.15) is 0 Å². The van der Waals surface area contributed by atoms with Gasteiger partial charge in [0.2, 0.25) is 0 Å². The molecule has 1 aromatic heterocycles. The molecule has 1 atom stereocenters. The maximum Gasteiger partial charge on any atom is 0.338 e. The van der Waals surface area contributed by atoms with Crippen molar-refractivity contribution in [1.29, 1.82) is 0 Å². The van der Waals surface area contributed by atoms with E-state index in [9.17, 15) is 24.3 Å². The zero-order valence-electron chi connectivity index (χ0n) is 19.3. The molecule has 0 fully saturated rings. The summed E-state index contributed by atoms with van der Waals surface area (Å²) in [5.74, 6) is -3.26. The summed E-state index contributed by atoms with van der Waals surface area (Å²) in [4.78, 5) is 53.9. The van der Waals surface area contributed by atoms with Crippen LogP contribution < -0.4 is 5.11 Å². The number of hydrogen-bond donors (Lipinski definition) is 0. The maximum absolute atomic E-state index is 13.3. The number of esters is 2. The van der Waals surface area contributed by atoms with Crippen LogP contribution in [0.25, 0.3) is 11.3 Å². The predicted octanol–water partition coefficient (Wildman–Crippen LogP) is 2.18. The van der Waals surface area contributed by atoms with Gasteiger partial charge in [0, 0.05) is 23.7 Å². The molecular formula is C26H23N2O7-. The molecule has 0 saturated carbocycles. The summed E-state index contributed by atoms with van der Waals surface area (Å²) in [6.07, 6.45) is 1.62. The van der Waals surface area contributed by atoms with Crippen molar-refractivity contribution in [3.63, 3.8) is 0 Å². The summed E-state index contributed by atoms with van der Waals surface area (Å²) < 4.78 is 11.4. The molecule has 4 rings (SSSR count). The Hall–Kier alpha value is -4.27. The molecule has 1 aliphatic carbocycles. The molecular weight excluding hydrogens is 452 g/mol. The van der Waals surface area contributed by atoms with E-state index in [0.717, 1.165) is 0 Å². The van der Waals surface area contributed by atoms with Gasteiger partial charge in [-0.1, -0.05) is 36.4 Å². The number of carboxylic acids is 1. The van der Waals surface area contributed by atoms with Crippen LogP contribution in [0.15, 0.2) is 48.7 Å². The minimum atomic E-state index is -1.56. The minimum absolute atomic E-state index is 0.00640. The maximum atomic E-state index is 13.3. The largest absolute Gasteiger partial charge is 0.542 e. The van der Waals surface area contributed by atoms with Gasteiger partial charge >= 0.3 is 11.9 Å². The first-order valence-corrected chi connectivity index (χ1v) is 11.2. The summed E-state index contributed by atoms with van der Waals surface area (Å²) in [7, 11) is 0. The molecule has 180 valence electrons. The van der Waals surface area contributed by atoms with Gasteiger partial charge in [0.05, 0.1) is 30.9 Å². The normalized spacial score (nSPS) is 14.5. The zero-order valence-corrected chi connectivity index (χ0v) is 19.3. The molecule has 0 aliphatic heterocycles. The van der Waals surface area contributed by atoms with Gasteiger partial charge in [0.25, 0.3) is 0 Å². The molecule has 1 heterocycles. The Kier molecular flexibility index (Phi) is 6.77. The summed E-state index contributed by atoms with van der Waals surface area (Å²) in [6, 6.07) is 10.7. The number of nitrogens with zero attached hydrogens (tertiary/aromatic N) is 2. The van der Waals surface area contributed by atoms with Crippen molar-refractivity contribution in [3.8, 4) is 11.3 Å². The van der Waals surface area contributed by atoms with Crippen molar-refractivity contribution >= 4 is 23.7 Å². The van der Waals surface area contributed by atoms with Crippen molar-refractivity contribution in [2.24, 2.45) is 0 Å². The SMILES string of the molecule is CCOC(=O)Cc1cccc2c1CC(n1cc(-c3ccccc3C(=O)OCC)nc1C(=O)[O-])C2=O. The first kappa shape index (κ1) is 23.9. The van der Waals surface area contributed by atoms with Crippen molar-refractivity contribution in [2.45, 2.75) is 32.7 Å². The molecule has 0 radical (unpaired) electrons. The van der Waals surface area contributed by atoms with E-state index in [1.807, 2.05) is 0 Å². The molecule has 0 N–H and O–H groups in total. The van der Waals surface area contributed by atoms with Crippen LogP contribution >= 0.6 is 0 Å². The average molecular weight is 475 g/mol. The number of ketones is 1. The minimum Gasteiger partial charge on any atom is -0.542 e. The van der Waals surface area contributed by atoms with Crippen LogP contribution in [-0.4, -0.2) is 46.5 Å². The first-order valence-electron chi connectivity index (χ1n) is 11.2. The third-order valence-electron chi connectivity index (χ3n) is 5.83. The van der Waals surface area contributed by atoms with Crippen molar-refractivity contribution < 1.29 is 33.8 Å². The van der Waals surface area contributed by atoms with E-state index < -0.39 is 29.8 Å². The molecule has 0 bridgehead atoms. The summed E-state index contributed by atoms with van der Waals surface area (Å²) in [6.45, 7) is 3.82. The van der Waals surface area contributed by atoms with Crippen LogP contribution in [0.3, 0.4) is 0 Å². The fourth-order valence-corrected chi connectivity index (χ4v) is 4.34. The molecule has 9 heteroatoms. The van der Waals surface area contributed by atoms with Gasteiger partial charge in [-0.3, -0.25) is 9.59 Å². The number of fused-ring (bicyclic) bond motifs is 1. The van der Waals surface area contributed by atoms with E-state index in [2.05, 4.69) is 4.98 Å². The smallest absolute Gasteiger partial charge is 0.338 e. The second kappa shape index (κ2) is 9.92. The van der Waals surface area contributed by atoms with E-state index in [1.54, 1.807) is 56.3 Å². The number of aromatic carboxylic acids is 1. The number of carbonyl (C=O) groups excluding carboxylic acids is 4. The second-order valence-corrected chi connectivity index (χ2v) is 7.92. The lowest BCUT2D eigenvalue weighted by Crippen LogP contribution is -2.29. The number of imidazole rings is 1. The molecule has 1 unspecified atom stereocenters. The van der Waals surface area contributed by atoms with Gasteiger partial charge in [-0.15, -0.1) is 0 Å². The second-order valence-electron chi connectivity index (χ2n) is 7.92. The van der Waals surface area contributed by atoms with E-state index in [0.29, 0.717) is 22.3 Å². The summed E-state index contributed by atoms with van der Waals surface area (Å²) >= 11 is 0. The highest BCUT2D eigenvalue weighted by molar-refractivity contribution is 6.04. The van der Waals surface area contributed by atoms with Gasteiger partial charge in [0.15, 0.2) is 11.6 Å².